The van der Waals surface area contributed by atoms with E-state index in [0.29, 0.717) is 0 Å². The van der Waals surface area contributed by atoms with Gasteiger partial charge in [-0.25, -0.2) is 0 Å². The summed E-state index contributed by atoms with van der Waals surface area (Å²) < 4.78 is 38.2. The molecule has 1 saturated heterocycles. The molecule has 2 saturated carbocycles. The SMILES string of the molecule is C/C=C\C(=C/C(C)=O)C1(C(F)(F)F)CC1.CCC1CC2(CNC2)C1. The standard InChI is InChI=1S/C11H13F3O.C8H15N/c1-3-4-9(7-8(2)15)10(5-6-10)11(12,13)14;1-2-7-3-8(4-7)5-9-6-8/h3-4,7H,5-6H2,1-2H3;7,9H,2-6H2,1H3/b4-3-,9-7+;. The highest BCUT2D eigenvalue weighted by molar-refractivity contribution is 5.88. The lowest BCUT2D eigenvalue weighted by molar-refractivity contribution is -0.174. The van der Waals surface area contributed by atoms with E-state index in [1.807, 2.05) is 0 Å². The van der Waals surface area contributed by atoms with Gasteiger partial charge >= 0.3 is 6.18 Å². The Hall–Kier alpha value is -1.10. The molecule has 0 amide bonds. The average Bonchev–Trinajstić information content (AvgIpc) is 3.16. The summed E-state index contributed by atoms with van der Waals surface area (Å²) >= 11 is 0. The number of hydrogen-bond acceptors (Lipinski definition) is 2. The summed E-state index contributed by atoms with van der Waals surface area (Å²) in [6.45, 7) is 7.83. The second-order valence-electron chi connectivity index (χ2n) is 7.58. The van der Waals surface area contributed by atoms with Crippen molar-refractivity contribution in [1.29, 1.82) is 0 Å². The van der Waals surface area contributed by atoms with Crippen LogP contribution in [-0.2, 0) is 4.79 Å². The first-order valence-electron chi connectivity index (χ1n) is 8.81. The van der Waals surface area contributed by atoms with E-state index < -0.39 is 11.6 Å². The summed E-state index contributed by atoms with van der Waals surface area (Å²) in [6, 6.07) is 0. The molecule has 2 aliphatic carbocycles. The summed E-state index contributed by atoms with van der Waals surface area (Å²) in [6.07, 6.45) is 4.32. The van der Waals surface area contributed by atoms with Gasteiger partial charge in [0.1, 0.15) is 0 Å². The van der Waals surface area contributed by atoms with Gasteiger partial charge in [-0.2, -0.15) is 13.2 Å². The van der Waals surface area contributed by atoms with Crippen LogP contribution in [0, 0.1) is 16.7 Å². The van der Waals surface area contributed by atoms with Crippen LogP contribution in [0.3, 0.4) is 0 Å². The monoisotopic (exact) mass is 343 g/mol. The third kappa shape index (κ3) is 3.93. The van der Waals surface area contributed by atoms with Gasteiger partial charge in [0.05, 0.1) is 5.41 Å². The van der Waals surface area contributed by atoms with E-state index in [2.05, 4.69) is 12.2 Å². The van der Waals surface area contributed by atoms with Crippen molar-refractivity contribution >= 4 is 5.78 Å². The molecule has 24 heavy (non-hydrogen) atoms. The lowest BCUT2D eigenvalue weighted by Crippen LogP contribution is -2.60. The second kappa shape index (κ2) is 7.03. The Morgan fingerprint density at radius 2 is 1.83 bits per heavy atom. The molecule has 2 nitrogen and oxygen atoms in total. The smallest absolute Gasteiger partial charge is 0.316 e. The van der Waals surface area contributed by atoms with Crippen molar-refractivity contribution in [2.75, 3.05) is 13.1 Å². The van der Waals surface area contributed by atoms with Gasteiger partial charge in [0.2, 0.25) is 0 Å². The van der Waals surface area contributed by atoms with E-state index in [1.54, 1.807) is 6.92 Å². The Kier molecular flexibility index (Phi) is 5.63. The van der Waals surface area contributed by atoms with Crippen LogP contribution in [0.1, 0.15) is 52.9 Å². The fraction of sp³-hybridized carbons (Fsp3) is 0.737. The lowest BCUT2D eigenvalue weighted by atomic mass is 9.58. The fourth-order valence-corrected chi connectivity index (χ4v) is 3.83. The van der Waals surface area contributed by atoms with Crippen molar-refractivity contribution in [3.63, 3.8) is 0 Å². The summed E-state index contributed by atoms with van der Waals surface area (Å²) in [5.41, 5.74) is -0.865. The van der Waals surface area contributed by atoms with Gasteiger partial charge in [-0.3, -0.25) is 4.79 Å². The molecule has 0 atom stereocenters. The normalized spacial score (nSPS) is 24.8. The Morgan fingerprint density at radius 3 is 2.12 bits per heavy atom. The van der Waals surface area contributed by atoms with Gasteiger partial charge in [-0.05, 0) is 62.5 Å². The molecular formula is C19H28F3NO. The number of halogens is 3. The third-order valence-corrected chi connectivity index (χ3v) is 5.57. The summed E-state index contributed by atoms with van der Waals surface area (Å²) in [5, 5.41) is 3.35. The van der Waals surface area contributed by atoms with Crippen LogP contribution in [0.15, 0.2) is 23.8 Å². The summed E-state index contributed by atoms with van der Waals surface area (Å²) in [7, 11) is 0. The van der Waals surface area contributed by atoms with E-state index in [4.69, 9.17) is 0 Å². The molecular weight excluding hydrogens is 315 g/mol. The Bertz CT molecular complexity index is 517. The molecule has 1 aliphatic heterocycles. The molecule has 0 radical (unpaired) electrons. The van der Waals surface area contributed by atoms with Crippen molar-refractivity contribution in [2.45, 2.75) is 59.1 Å². The zero-order valence-corrected chi connectivity index (χ0v) is 14.8. The van der Waals surface area contributed by atoms with Crippen molar-refractivity contribution in [1.82, 2.24) is 5.32 Å². The maximum atomic E-state index is 12.7. The van der Waals surface area contributed by atoms with Crippen LogP contribution in [-0.4, -0.2) is 25.0 Å². The molecule has 5 heteroatoms. The minimum absolute atomic E-state index is 0.0833. The zero-order chi connectivity index (χ0) is 18.0. The van der Waals surface area contributed by atoms with Crippen molar-refractivity contribution in [3.8, 4) is 0 Å². The van der Waals surface area contributed by atoms with Crippen LogP contribution in [0.4, 0.5) is 13.2 Å². The van der Waals surface area contributed by atoms with Crippen LogP contribution >= 0.6 is 0 Å². The Morgan fingerprint density at radius 1 is 1.25 bits per heavy atom. The van der Waals surface area contributed by atoms with E-state index in [1.165, 1.54) is 51.4 Å². The minimum Gasteiger partial charge on any atom is -0.316 e. The lowest BCUT2D eigenvalue weighted by Gasteiger charge is -2.54. The fourth-order valence-electron chi connectivity index (χ4n) is 3.83. The van der Waals surface area contributed by atoms with Gasteiger partial charge in [-0.1, -0.05) is 25.5 Å². The van der Waals surface area contributed by atoms with Crippen molar-refractivity contribution in [2.24, 2.45) is 16.7 Å². The van der Waals surface area contributed by atoms with E-state index in [0.717, 1.165) is 17.4 Å². The Balaban J connectivity index is 0.000000194. The molecule has 1 spiro atoms. The molecule has 1 N–H and O–H groups in total. The molecule has 3 aliphatic rings. The summed E-state index contributed by atoms with van der Waals surface area (Å²) in [4.78, 5) is 10.9. The molecule has 0 aromatic rings. The number of alkyl halides is 3. The Labute approximate surface area is 142 Å². The number of carbonyl (C=O) groups excluding carboxylic acids is 1. The highest BCUT2D eigenvalue weighted by atomic mass is 19.4. The molecule has 1 heterocycles. The molecule has 0 unspecified atom stereocenters. The molecule has 0 bridgehead atoms. The molecule has 3 fully saturated rings. The number of rotatable bonds is 4. The van der Waals surface area contributed by atoms with Gasteiger partial charge in [0, 0.05) is 13.1 Å². The first-order chi connectivity index (χ1) is 11.2. The minimum atomic E-state index is -4.26. The highest BCUT2D eigenvalue weighted by Gasteiger charge is 2.64. The molecule has 0 aromatic heterocycles. The number of allylic oxidation sites excluding steroid dienone is 4. The second-order valence-corrected chi connectivity index (χ2v) is 7.58. The first kappa shape index (κ1) is 19.2. The number of hydrogen-bond donors (Lipinski definition) is 1. The quantitative estimate of drug-likeness (QED) is 0.586. The maximum absolute atomic E-state index is 12.7. The highest BCUT2D eigenvalue weighted by Crippen LogP contribution is 2.62. The molecule has 0 aromatic carbocycles. The third-order valence-electron chi connectivity index (χ3n) is 5.57. The van der Waals surface area contributed by atoms with Gasteiger partial charge < -0.3 is 5.32 Å². The number of ketones is 1. The van der Waals surface area contributed by atoms with E-state index in [9.17, 15) is 18.0 Å². The first-order valence-corrected chi connectivity index (χ1v) is 8.81. The van der Waals surface area contributed by atoms with Gasteiger partial charge in [0.15, 0.2) is 5.78 Å². The number of nitrogens with one attached hydrogen (secondary N) is 1. The van der Waals surface area contributed by atoms with Crippen LogP contribution < -0.4 is 5.32 Å². The van der Waals surface area contributed by atoms with Crippen molar-refractivity contribution in [3.05, 3.63) is 23.8 Å². The van der Waals surface area contributed by atoms with Crippen LogP contribution in [0.25, 0.3) is 0 Å². The van der Waals surface area contributed by atoms with Crippen LogP contribution in [0.2, 0.25) is 0 Å². The van der Waals surface area contributed by atoms with Crippen LogP contribution in [0.5, 0.6) is 0 Å². The van der Waals surface area contributed by atoms with Gasteiger partial charge in [-0.15, -0.1) is 0 Å². The largest absolute Gasteiger partial charge is 0.398 e. The van der Waals surface area contributed by atoms with E-state index in [-0.39, 0.29) is 24.2 Å². The van der Waals surface area contributed by atoms with Crippen molar-refractivity contribution < 1.29 is 18.0 Å². The topological polar surface area (TPSA) is 29.1 Å². The van der Waals surface area contributed by atoms with Gasteiger partial charge in [0.25, 0.3) is 0 Å². The summed E-state index contributed by atoms with van der Waals surface area (Å²) in [5.74, 6) is 0.728. The predicted octanol–water partition coefficient (Wildman–Crippen LogP) is 4.82. The molecule has 136 valence electrons. The number of carbonyl (C=O) groups is 1. The maximum Gasteiger partial charge on any atom is 0.398 e. The van der Waals surface area contributed by atoms with E-state index >= 15 is 0 Å². The predicted molar refractivity (Wildman–Crippen MR) is 89.6 cm³/mol. The molecule has 3 rings (SSSR count). The average molecular weight is 343 g/mol. The zero-order valence-electron chi connectivity index (χ0n) is 14.8.